The second-order valence-corrected chi connectivity index (χ2v) is 8.06. The fourth-order valence-corrected chi connectivity index (χ4v) is 3.67. The number of rotatable bonds is 11. The first-order valence-electron chi connectivity index (χ1n) is 9.39. The molecule has 2 rings (SSSR count). The minimum Gasteiger partial charge on any atom is -0.493 e. The summed E-state index contributed by atoms with van der Waals surface area (Å²) in [6.45, 7) is 4.48. The van der Waals surface area contributed by atoms with Crippen molar-refractivity contribution in [2.45, 2.75) is 13.8 Å². The Hall–Kier alpha value is -3.00. The number of carbonyl (C=O) groups excluding carboxylic acids is 1. The summed E-state index contributed by atoms with van der Waals surface area (Å²) in [4.78, 5) is 12.5. The molecule has 8 heteroatoms. The lowest BCUT2D eigenvalue weighted by atomic mass is 10.1. The van der Waals surface area contributed by atoms with E-state index in [0.29, 0.717) is 41.8 Å². The van der Waals surface area contributed by atoms with Gasteiger partial charge in [0.05, 0.1) is 27.4 Å². The fourth-order valence-electron chi connectivity index (χ4n) is 2.68. The van der Waals surface area contributed by atoms with Crippen molar-refractivity contribution < 1.29 is 32.2 Å². The predicted octanol–water partition coefficient (Wildman–Crippen LogP) is 3.77. The van der Waals surface area contributed by atoms with Crippen molar-refractivity contribution in [3.8, 4) is 23.0 Å². The standard InChI is InChI=1S/C22H26O7S/c1-5-28-21-13-16(7-9-19(21)26-3)11-12-30(24,25)15-18(23)17-8-10-20(27-4)22(14-17)29-6-2/h7-14H,5-6,15H2,1-4H3/b12-11+. The molecule has 0 aliphatic carbocycles. The second-order valence-electron chi connectivity index (χ2n) is 6.18. The fraction of sp³-hybridized carbons (Fsp3) is 0.318. The second kappa shape index (κ2) is 10.7. The molecular weight excluding hydrogens is 408 g/mol. The summed E-state index contributed by atoms with van der Waals surface area (Å²) < 4.78 is 46.2. The molecule has 30 heavy (non-hydrogen) atoms. The Morgan fingerprint density at radius 2 is 1.43 bits per heavy atom. The number of Topliss-reactive ketones (excluding diaryl/α,β-unsaturated/α-hetero) is 1. The van der Waals surface area contributed by atoms with Gasteiger partial charge in [0.1, 0.15) is 5.75 Å². The Morgan fingerprint density at radius 1 is 0.867 bits per heavy atom. The molecule has 0 fully saturated rings. The van der Waals surface area contributed by atoms with Crippen molar-refractivity contribution >= 4 is 21.7 Å². The van der Waals surface area contributed by atoms with E-state index in [1.165, 1.54) is 32.4 Å². The highest BCUT2D eigenvalue weighted by Crippen LogP contribution is 2.29. The van der Waals surface area contributed by atoms with Gasteiger partial charge < -0.3 is 18.9 Å². The van der Waals surface area contributed by atoms with Crippen molar-refractivity contribution in [3.05, 3.63) is 52.9 Å². The van der Waals surface area contributed by atoms with Crippen LogP contribution in [0.2, 0.25) is 0 Å². The Bertz CT molecular complexity index is 1010. The number of ketones is 1. The summed E-state index contributed by atoms with van der Waals surface area (Å²) >= 11 is 0. The molecule has 2 aromatic carbocycles. The van der Waals surface area contributed by atoms with Crippen LogP contribution < -0.4 is 18.9 Å². The van der Waals surface area contributed by atoms with Crippen molar-refractivity contribution in [1.29, 1.82) is 0 Å². The molecule has 7 nitrogen and oxygen atoms in total. The topological polar surface area (TPSA) is 88.1 Å². The third-order valence-electron chi connectivity index (χ3n) is 4.07. The largest absolute Gasteiger partial charge is 0.493 e. The number of carbonyl (C=O) groups is 1. The van der Waals surface area contributed by atoms with Crippen LogP contribution in [0.15, 0.2) is 41.8 Å². The number of hydrogen-bond acceptors (Lipinski definition) is 7. The van der Waals surface area contributed by atoms with Crippen molar-refractivity contribution in [2.75, 3.05) is 33.2 Å². The minimum atomic E-state index is -3.78. The van der Waals surface area contributed by atoms with Crippen LogP contribution in [0.1, 0.15) is 29.8 Å². The van der Waals surface area contributed by atoms with Gasteiger partial charge in [-0.25, -0.2) is 8.42 Å². The van der Waals surface area contributed by atoms with Gasteiger partial charge in [-0.3, -0.25) is 4.79 Å². The van der Waals surface area contributed by atoms with E-state index in [1.54, 1.807) is 31.2 Å². The lowest BCUT2D eigenvalue weighted by Crippen LogP contribution is -2.14. The van der Waals surface area contributed by atoms with Crippen LogP contribution in [-0.4, -0.2) is 47.4 Å². The van der Waals surface area contributed by atoms with E-state index in [1.807, 2.05) is 6.92 Å². The van der Waals surface area contributed by atoms with Crippen LogP contribution in [0, 0.1) is 0 Å². The molecule has 0 unspecified atom stereocenters. The predicted molar refractivity (Wildman–Crippen MR) is 115 cm³/mol. The Kier molecular flexibility index (Phi) is 8.29. The van der Waals surface area contributed by atoms with Gasteiger partial charge in [-0.15, -0.1) is 0 Å². The number of benzene rings is 2. The van der Waals surface area contributed by atoms with E-state index in [2.05, 4.69) is 0 Å². The number of hydrogen-bond donors (Lipinski definition) is 0. The molecule has 0 aliphatic heterocycles. The first-order chi connectivity index (χ1) is 14.3. The lowest BCUT2D eigenvalue weighted by molar-refractivity contribution is 0.102. The van der Waals surface area contributed by atoms with Crippen LogP contribution in [0.5, 0.6) is 23.0 Å². The van der Waals surface area contributed by atoms with Gasteiger partial charge in [-0.2, -0.15) is 0 Å². The van der Waals surface area contributed by atoms with E-state index in [4.69, 9.17) is 18.9 Å². The van der Waals surface area contributed by atoms with Crippen molar-refractivity contribution in [3.63, 3.8) is 0 Å². The number of methoxy groups -OCH3 is 2. The zero-order chi connectivity index (χ0) is 22.1. The molecule has 0 spiro atoms. The first-order valence-corrected chi connectivity index (χ1v) is 11.1. The van der Waals surface area contributed by atoms with Crippen LogP contribution in [0.3, 0.4) is 0 Å². The minimum absolute atomic E-state index is 0.235. The summed E-state index contributed by atoms with van der Waals surface area (Å²) in [5.41, 5.74) is 0.845. The molecule has 0 bridgehead atoms. The average molecular weight is 435 g/mol. The van der Waals surface area contributed by atoms with Gasteiger partial charge in [-0.05, 0) is 55.8 Å². The molecule has 0 radical (unpaired) electrons. The van der Waals surface area contributed by atoms with E-state index in [9.17, 15) is 13.2 Å². The molecule has 0 heterocycles. The molecule has 0 saturated carbocycles. The summed E-state index contributed by atoms with van der Waals surface area (Å²) in [7, 11) is -0.765. The Morgan fingerprint density at radius 3 is 2.00 bits per heavy atom. The highest BCUT2D eigenvalue weighted by Gasteiger charge is 2.18. The van der Waals surface area contributed by atoms with E-state index < -0.39 is 21.4 Å². The van der Waals surface area contributed by atoms with Gasteiger partial charge >= 0.3 is 0 Å². The molecule has 162 valence electrons. The van der Waals surface area contributed by atoms with Gasteiger partial charge in [0, 0.05) is 11.0 Å². The highest BCUT2D eigenvalue weighted by molar-refractivity contribution is 7.95. The third-order valence-corrected chi connectivity index (χ3v) is 5.29. The van der Waals surface area contributed by atoms with Crippen molar-refractivity contribution in [1.82, 2.24) is 0 Å². The first kappa shape index (κ1) is 23.3. The summed E-state index contributed by atoms with van der Waals surface area (Å²) in [5.74, 6) is 0.735. The van der Waals surface area contributed by atoms with Crippen LogP contribution >= 0.6 is 0 Å². The van der Waals surface area contributed by atoms with Gasteiger partial charge in [0.25, 0.3) is 0 Å². The maximum Gasteiger partial charge on any atom is 0.179 e. The SMILES string of the molecule is CCOc1cc(/C=C/S(=O)(=O)CC(=O)c2ccc(OC)c(OCC)c2)ccc1OC. The summed E-state index contributed by atoms with van der Waals surface area (Å²) in [5, 5.41) is 1.02. The van der Waals surface area contributed by atoms with E-state index >= 15 is 0 Å². The molecule has 2 aromatic rings. The molecule has 0 atom stereocenters. The maximum absolute atomic E-state index is 12.5. The zero-order valence-electron chi connectivity index (χ0n) is 17.5. The van der Waals surface area contributed by atoms with Crippen molar-refractivity contribution in [2.24, 2.45) is 0 Å². The lowest BCUT2D eigenvalue weighted by Gasteiger charge is -2.10. The molecule has 0 aromatic heterocycles. The third kappa shape index (κ3) is 6.25. The number of ether oxygens (including phenoxy) is 4. The molecule has 0 saturated heterocycles. The number of sulfone groups is 1. The Labute approximate surface area is 177 Å². The van der Waals surface area contributed by atoms with Crippen LogP contribution in [-0.2, 0) is 9.84 Å². The molecule has 0 amide bonds. The normalized spacial score (nSPS) is 11.3. The quantitative estimate of drug-likeness (QED) is 0.498. The van der Waals surface area contributed by atoms with E-state index in [-0.39, 0.29) is 5.56 Å². The summed E-state index contributed by atoms with van der Waals surface area (Å²) in [6, 6.07) is 9.64. The molecule has 0 aliphatic rings. The maximum atomic E-state index is 12.5. The highest BCUT2D eigenvalue weighted by atomic mass is 32.2. The molecular formula is C22H26O7S. The monoisotopic (exact) mass is 434 g/mol. The van der Waals surface area contributed by atoms with Gasteiger partial charge in [0.2, 0.25) is 0 Å². The smallest absolute Gasteiger partial charge is 0.179 e. The van der Waals surface area contributed by atoms with Crippen LogP contribution in [0.25, 0.3) is 6.08 Å². The zero-order valence-corrected chi connectivity index (χ0v) is 18.3. The summed E-state index contributed by atoms with van der Waals surface area (Å²) in [6.07, 6.45) is 1.42. The Balaban J connectivity index is 2.17. The van der Waals surface area contributed by atoms with E-state index in [0.717, 1.165) is 5.41 Å². The van der Waals surface area contributed by atoms with Gasteiger partial charge in [-0.1, -0.05) is 6.07 Å². The molecule has 0 N–H and O–H groups in total. The average Bonchev–Trinajstić information content (AvgIpc) is 2.72. The van der Waals surface area contributed by atoms with Gasteiger partial charge in [0.15, 0.2) is 38.6 Å². The van der Waals surface area contributed by atoms with Crippen LogP contribution in [0.4, 0.5) is 0 Å².